The van der Waals surface area contributed by atoms with Crippen molar-refractivity contribution in [3.63, 3.8) is 0 Å². The predicted octanol–water partition coefficient (Wildman–Crippen LogP) is 2.48. The fraction of sp³-hybridized carbons (Fsp3) is 0.0476. The molecule has 0 unspecified atom stereocenters. The van der Waals surface area contributed by atoms with Crippen LogP contribution in [0.3, 0.4) is 0 Å². The first-order valence-electron chi connectivity index (χ1n) is 9.45. The number of anilines is 3. The van der Waals surface area contributed by atoms with E-state index < -0.39 is 23.4 Å². The van der Waals surface area contributed by atoms with Gasteiger partial charge in [0.25, 0.3) is 11.5 Å². The summed E-state index contributed by atoms with van der Waals surface area (Å²) >= 11 is 0. The summed E-state index contributed by atoms with van der Waals surface area (Å²) in [6.45, 7) is 1.15. The first-order chi connectivity index (χ1) is 15.4. The number of rotatable bonds is 4. The van der Waals surface area contributed by atoms with E-state index in [0.717, 1.165) is 6.92 Å². The van der Waals surface area contributed by atoms with Crippen LogP contribution in [0.5, 0.6) is 0 Å². The SMILES string of the molecule is CC(=O)N(C(=O)Nc1ccccc1)c1nc2nc(C(=O)Nc3ccccc3)[nH]c2c(=O)[nH]1. The number of nitrogens with one attached hydrogen (secondary N) is 4. The van der Waals surface area contributed by atoms with E-state index >= 15 is 0 Å². The molecule has 2 heterocycles. The Balaban J connectivity index is 1.65. The van der Waals surface area contributed by atoms with Crippen LogP contribution in [-0.4, -0.2) is 37.8 Å². The number of imidazole rings is 1. The number of imide groups is 1. The highest BCUT2D eigenvalue weighted by molar-refractivity contribution is 6.17. The average molecular weight is 431 g/mol. The number of hydrogen-bond donors (Lipinski definition) is 4. The summed E-state index contributed by atoms with van der Waals surface area (Å²) in [4.78, 5) is 63.6. The Labute approximate surface area is 180 Å². The lowest BCUT2D eigenvalue weighted by Crippen LogP contribution is -2.40. The Morgan fingerprint density at radius 3 is 2.03 bits per heavy atom. The molecule has 32 heavy (non-hydrogen) atoms. The largest absolute Gasteiger partial charge is 0.335 e. The third kappa shape index (κ3) is 4.21. The third-order valence-corrected chi connectivity index (χ3v) is 4.35. The second-order valence-electron chi connectivity index (χ2n) is 6.64. The van der Waals surface area contributed by atoms with Crippen molar-refractivity contribution in [2.45, 2.75) is 6.92 Å². The maximum atomic E-state index is 12.7. The van der Waals surface area contributed by atoms with Gasteiger partial charge < -0.3 is 15.6 Å². The van der Waals surface area contributed by atoms with Crippen LogP contribution >= 0.6 is 0 Å². The highest BCUT2D eigenvalue weighted by atomic mass is 16.2. The van der Waals surface area contributed by atoms with E-state index in [2.05, 4.69) is 30.6 Å². The van der Waals surface area contributed by atoms with Crippen molar-refractivity contribution in [2.75, 3.05) is 15.5 Å². The number of carbonyl (C=O) groups is 3. The zero-order chi connectivity index (χ0) is 22.7. The highest BCUT2D eigenvalue weighted by Crippen LogP contribution is 2.15. The van der Waals surface area contributed by atoms with Crippen molar-refractivity contribution in [1.29, 1.82) is 0 Å². The van der Waals surface area contributed by atoms with Gasteiger partial charge in [-0.05, 0) is 24.3 Å². The molecule has 0 aliphatic heterocycles. The molecule has 160 valence electrons. The fourth-order valence-electron chi connectivity index (χ4n) is 2.91. The predicted molar refractivity (Wildman–Crippen MR) is 118 cm³/mol. The minimum atomic E-state index is -0.816. The molecule has 4 N–H and O–H groups in total. The molecule has 0 fully saturated rings. The lowest BCUT2D eigenvalue weighted by Gasteiger charge is -2.18. The van der Waals surface area contributed by atoms with Gasteiger partial charge in [-0.25, -0.2) is 9.78 Å². The highest BCUT2D eigenvalue weighted by Gasteiger charge is 2.25. The van der Waals surface area contributed by atoms with Gasteiger partial charge >= 0.3 is 6.03 Å². The standard InChI is InChI=1S/C21H17N7O4/c1-12(29)28(21(32)23-14-10-6-3-7-11-14)20-26-16-15(18(30)27-20)24-17(25-16)19(31)22-13-8-4-2-5-9-13/h2-11H,1H3,(H,22,31)(H,23,32)(H2,24,25,26,27,30). The normalized spacial score (nSPS) is 10.5. The van der Waals surface area contributed by atoms with Crippen LogP contribution in [0.15, 0.2) is 65.5 Å². The molecule has 11 heteroatoms. The van der Waals surface area contributed by atoms with Crippen molar-refractivity contribution >= 4 is 46.3 Å². The number of benzene rings is 2. The van der Waals surface area contributed by atoms with Crippen LogP contribution < -0.4 is 21.1 Å². The number of nitrogens with zero attached hydrogens (tertiary/aromatic N) is 3. The second kappa shape index (κ2) is 8.52. The van der Waals surface area contributed by atoms with Gasteiger partial charge in [-0.2, -0.15) is 9.88 Å². The first-order valence-corrected chi connectivity index (χ1v) is 9.45. The summed E-state index contributed by atoms with van der Waals surface area (Å²) in [5.74, 6) is -1.74. The van der Waals surface area contributed by atoms with Crippen molar-refractivity contribution < 1.29 is 14.4 Å². The summed E-state index contributed by atoms with van der Waals surface area (Å²) in [6, 6.07) is 16.4. The van der Waals surface area contributed by atoms with Crippen molar-refractivity contribution in [1.82, 2.24) is 19.9 Å². The molecule has 0 aliphatic carbocycles. The quantitative estimate of drug-likeness (QED) is 0.389. The van der Waals surface area contributed by atoms with Crippen LogP contribution in [0.25, 0.3) is 11.2 Å². The Morgan fingerprint density at radius 1 is 0.844 bits per heavy atom. The number of hydrogen-bond acceptors (Lipinski definition) is 6. The van der Waals surface area contributed by atoms with Crippen molar-refractivity contribution in [3.8, 4) is 0 Å². The Morgan fingerprint density at radius 2 is 1.44 bits per heavy atom. The monoisotopic (exact) mass is 431 g/mol. The molecule has 0 spiro atoms. The minimum Gasteiger partial charge on any atom is -0.328 e. The molecular formula is C21H17N7O4. The second-order valence-corrected chi connectivity index (χ2v) is 6.64. The van der Waals surface area contributed by atoms with Crippen LogP contribution in [-0.2, 0) is 4.79 Å². The number of amides is 4. The van der Waals surface area contributed by atoms with Crippen LogP contribution in [0.1, 0.15) is 17.5 Å². The summed E-state index contributed by atoms with van der Waals surface area (Å²) in [5.41, 5.74) is 0.0994. The van der Waals surface area contributed by atoms with Gasteiger partial charge in [0.1, 0.15) is 0 Å². The molecule has 0 radical (unpaired) electrons. The summed E-state index contributed by atoms with van der Waals surface area (Å²) in [7, 11) is 0. The average Bonchev–Trinajstić information content (AvgIpc) is 3.20. The number of para-hydroxylation sites is 2. The summed E-state index contributed by atoms with van der Waals surface area (Å²) in [5, 5.41) is 5.19. The van der Waals surface area contributed by atoms with Gasteiger partial charge in [0, 0.05) is 18.3 Å². The van der Waals surface area contributed by atoms with Crippen LogP contribution in [0.2, 0.25) is 0 Å². The van der Waals surface area contributed by atoms with Gasteiger partial charge in [-0.15, -0.1) is 0 Å². The lowest BCUT2D eigenvalue weighted by atomic mass is 10.3. The number of carbonyl (C=O) groups excluding carboxylic acids is 3. The van der Waals surface area contributed by atoms with E-state index in [0.29, 0.717) is 16.3 Å². The van der Waals surface area contributed by atoms with E-state index in [9.17, 15) is 19.2 Å². The molecule has 2 aromatic heterocycles. The number of H-pyrrole nitrogens is 2. The number of fused-ring (bicyclic) bond motifs is 1. The number of aromatic amines is 2. The van der Waals surface area contributed by atoms with Gasteiger partial charge in [-0.1, -0.05) is 36.4 Å². The van der Waals surface area contributed by atoms with Crippen LogP contribution in [0, 0.1) is 0 Å². The van der Waals surface area contributed by atoms with Gasteiger partial charge in [-0.3, -0.25) is 19.4 Å². The van der Waals surface area contributed by atoms with Crippen molar-refractivity contribution in [3.05, 3.63) is 76.8 Å². The zero-order valence-electron chi connectivity index (χ0n) is 16.7. The lowest BCUT2D eigenvalue weighted by molar-refractivity contribution is -0.115. The molecule has 0 atom stereocenters. The maximum Gasteiger partial charge on any atom is 0.335 e. The molecule has 4 amide bonds. The van der Waals surface area contributed by atoms with Gasteiger partial charge in [0.2, 0.25) is 11.9 Å². The van der Waals surface area contributed by atoms with Crippen molar-refractivity contribution in [2.24, 2.45) is 0 Å². The molecule has 2 aromatic carbocycles. The molecule has 4 aromatic rings. The summed E-state index contributed by atoms with van der Waals surface area (Å²) < 4.78 is 0. The first kappa shape index (κ1) is 20.5. The number of urea groups is 1. The number of aromatic nitrogens is 4. The Bertz CT molecular complexity index is 1360. The molecule has 0 bridgehead atoms. The smallest absolute Gasteiger partial charge is 0.328 e. The minimum absolute atomic E-state index is 0.0704. The van der Waals surface area contributed by atoms with Crippen LogP contribution in [0.4, 0.5) is 22.1 Å². The van der Waals surface area contributed by atoms with E-state index in [-0.39, 0.29) is 22.9 Å². The fourth-order valence-corrected chi connectivity index (χ4v) is 2.91. The Hall–Kier alpha value is -4.80. The Kier molecular flexibility index (Phi) is 5.45. The zero-order valence-corrected chi connectivity index (χ0v) is 16.7. The van der Waals surface area contributed by atoms with E-state index in [1.165, 1.54) is 0 Å². The summed E-state index contributed by atoms with van der Waals surface area (Å²) in [6.07, 6.45) is 0. The topological polar surface area (TPSA) is 153 Å². The van der Waals surface area contributed by atoms with Gasteiger partial charge in [0.15, 0.2) is 17.0 Å². The molecule has 0 aliphatic rings. The van der Waals surface area contributed by atoms with E-state index in [1.807, 2.05) is 0 Å². The van der Waals surface area contributed by atoms with Gasteiger partial charge in [0.05, 0.1) is 0 Å². The van der Waals surface area contributed by atoms with E-state index in [1.54, 1.807) is 60.7 Å². The third-order valence-electron chi connectivity index (χ3n) is 4.35. The molecule has 0 saturated carbocycles. The maximum absolute atomic E-state index is 12.7. The molecule has 4 rings (SSSR count). The van der Waals surface area contributed by atoms with E-state index in [4.69, 9.17) is 0 Å². The molecule has 0 saturated heterocycles. The molecular weight excluding hydrogens is 414 g/mol. The molecule has 11 nitrogen and oxygen atoms in total.